The van der Waals surface area contributed by atoms with E-state index in [0.717, 1.165) is 17.2 Å². The molecule has 1 aromatic carbocycles. The van der Waals surface area contributed by atoms with Gasteiger partial charge in [0.2, 0.25) is 5.95 Å². The molecule has 0 amide bonds. The highest BCUT2D eigenvalue weighted by Gasteiger charge is 2.14. The molecule has 0 radical (unpaired) electrons. The summed E-state index contributed by atoms with van der Waals surface area (Å²) in [7, 11) is 1.37. The topological polar surface area (TPSA) is 76.1 Å². The molecule has 132 valence electrons. The third kappa shape index (κ3) is 4.68. The summed E-state index contributed by atoms with van der Waals surface area (Å²) in [5.41, 5.74) is 2.24. The van der Waals surface area contributed by atoms with Gasteiger partial charge in [0.15, 0.2) is 0 Å². The Labute approximate surface area is 148 Å². The highest BCUT2D eigenvalue weighted by molar-refractivity contribution is 5.89. The molecule has 0 saturated heterocycles. The minimum Gasteiger partial charge on any atom is -0.465 e. The summed E-state index contributed by atoms with van der Waals surface area (Å²) in [5, 5.41) is 6.72. The number of carbonyl (C=O) groups excluding carboxylic acids is 1. The van der Waals surface area contributed by atoms with E-state index in [1.807, 2.05) is 25.1 Å². The summed E-state index contributed by atoms with van der Waals surface area (Å²) < 4.78 is 4.71. The third-order valence-electron chi connectivity index (χ3n) is 4.37. The molecule has 3 rings (SSSR count). The van der Waals surface area contributed by atoms with E-state index in [1.165, 1.54) is 39.2 Å². The van der Waals surface area contributed by atoms with Crippen molar-refractivity contribution in [3.05, 3.63) is 41.6 Å². The van der Waals surface area contributed by atoms with Gasteiger partial charge in [-0.2, -0.15) is 4.98 Å². The molecule has 1 fully saturated rings. The van der Waals surface area contributed by atoms with Crippen LogP contribution in [-0.4, -0.2) is 29.1 Å². The van der Waals surface area contributed by atoms with Gasteiger partial charge in [-0.05, 0) is 44.0 Å². The van der Waals surface area contributed by atoms with Crippen LogP contribution in [0.2, 0.25) is 0 Å². The number of anilines is 3. The van der Waals surface area contributed by atoms with Gasteiger partial charge in [-0.15, -0.1) is 0 Å². The molecule has 0 spiro atoms. The van der Waals surface area contributed by atoms with Crippen molar-refractivity contribution in [1.29, 1.82) is 0 Å². The summed E-state index contributed by atoms with van der Waals surface area (Å²) in [5.74, 6) is 1.05. The van der Waals surface area contributed by atoms with Crippen LogP contribution in [0.3, 0.4) is 0 Å². The predicted molar refractivity (Wildman–Crippen MR) is 98.3 cm³/mol. The summed E-state index contributed by atoms with van der Waals surface area (Å²) in [4.78, 5) is 20.5. The zero-order valence-electron chi connectivity index (χ0n) is 14.7. The Balaban J connectivity index is 1.70. The Kier molecular flexibility index (Phi) is 5.48. The van der Waals surface area contributed by atoms with Crippen LogP contribution in [0.1, 0.15) is 48.2 Å². The second-order valence-electron chi connectivity index (χ2n) is 6.39. The smallest absolute Gasteiger partial charge is 0.337 e. The minimum atomic E-state index is -0.350. The monoisotopic (exact) mass is 340 g/mol. The largest absolute Gasteiger partial charge is 0.465 e. The van der Waals surface area contributed by atoms with E-state index >= 15 is 0 Å². The van der Waals surface area contributed by atoms with E-state index in [0.29, 0.717) is 17.6 Å². The molecule has 2 N–H and O–H groups in total. The Morgan fingerprint density at radius 1 is 1.12 bits per heavy atom. The molecule has 0 unspecified atom stereocenters. The average molecular weight is 340 g/mol. The summed E-state index contributed by atoms with van der Waals surface area (Å²) in [6, 6.07) is 9.52. The van der Waals surface area contributed by atoms with Crippen LogP contribution in [0, 0.1) is 6.92 Å². The SMILES string of the molecule is COC(=O)c1ccc(Nc2nc(C)cc(NC3CCCCC3)n2)cc1. The fourth-order valence-electron chi connectivity index (χ4n) is 3.09. The molecule has 2 aromatic rings. The van der Waals surface area contributed by atoms with E-state index < -0.39 is 0 Å². The van der Waals surface area contributed by atoms with E-state index in [-0.39, 0.29) is 5.97 Å². The van der Waals surface area contributed by atoms with Gasteiger partial charge in [0.05, 0.1) is 12.7 Å². The maximum atomic E-state index is 11.5. The fourth-order valence-corrected chi connectivity index (χ4v) is 3.09. The van der Waals surface area contributed by atoms with Gasteiger partial charge in [-0.3, -0.25) is 0 Å². The summed E-state index contributed by atoms with van der Waals surface area (Å²) >= 11 is 0. The quantitative estimate of drug-likeness (QED) is 0.800. The van der Waals surface area contributed by atoms with Crippen molar-refractivity contribution in [3.8, 4) is 0 Å². The van der Waals surface area contributed by atoms with Crippen molar-refractivity contribution in [2.45, 2.75) is 45.1 Å². The lowest BCUT2D eigenvalue weighted by Gasteiger charge is -2.23. The minimum absolute atomic E-state index is 0.350. The van der Waals surface area contributed by atoms with Gasteiger partial charge < -0.3 is 15.4 Å². The number of aromatic nitrogens is 2. The highest BCUT2D eigenvalue weighted by Crippen LogP contribution is 2.22. The van der Waals surface area contributed by atoms with Gasteiger partial charge in [-0.1, -0.05) is 19.3 Å². The second kappa shape index (κ2) is 7.96. The molecular weight excluding hydrogens is 316 g/mol. The van der Waals surface area contributed by atoms with E-state index in [9.17, 15) is 4.79 Å². The highest BCUT2D eigenvalue weighted by atomic mass is 16.5. The van der Waals surface area contributed by atoms with Crippen molar-refractivity contribution >= 4 is 23.4 Å². The van der Waals surface area contributed by atoms with Crippen LogP contribution in [0.25, 0.3) is 0 Å². The maximum absolute atomic E-state index is 11.5. The number of carbonyl (C=O) groups is 1. The number of methoxy groups -OCH3 is 1. The van der Waals surface area contributed by atoms with Crippen molar-refractivity contribution in [1.82, 2.24) is 9.97 Å². The number of ether oxygens (including phenoxy) is 1. The molecule has 1 saturated carbocycles. The number of hydrogen-bond donors (Lipinski definition) is 2. The molecule has 0 bridgehead atoms. The van der Waals surface area contributed by atoms with Crippen molar-refractivity contribution in [2.75, 3.05) is 17.7 Å². The number of benzene rings is 1. The van der Waals surface area contributed by atoms with Gasteiger partial charge >= 0.3 is 5.97 Å². The third-order valence-corrected chi connectivity index (χ3v) is 4.37. The molecular formula is C19H24N4O2. The first-order valence-electron chi connectivity index (χ1n) is 8.71. The van der Waals surface area contributed by atoms with Gasteiger partial charge in [0.1, 0.15) is 5.82 Å². The standard InChI is InChI=1S/C19H24N4O2/c1-13-12-17(21-15-6-4-3-5-7-15)23-19(20-13)22-16-10-8-14(9-11-16)18(24)25-2/h8-12,15H,3-7H2,1-2H3,(H2,20,21,22,23). The fraction of sp³-hybridized carbons (Fsp3) is 0.421. The number of hydrogen-bond acceptors (Lipinski definition) is 6. The van der Waals surface area contributed by atoms with Crippen LogP contribution >= 0.6 is 0 Å². The van der Waals surface area contributed by atoms with E-state index in [2.05, 4.69) is 20.6 Å². The lowest BCUT2D eigenvalue weighted by Crippen LogP contribution is -2.23. The maximum Gasteiger partial charge on any atom is 0.337 e. The number of esters is 1. The lowest BCUT2D eigenvalue weighted by atomic mass is 9.95. The first kappa shape index (κ1) is 17.2. The van der Waals surface area contributed by atoms with E-state index in [4.69, 9.17) is 4.74 Å². The molecule has 1 aliphatic rings. The summed E-state index contributed by atoms with van der Waals surface area (Å²) in [6.45, 7) is 1.96. The average Bonchev–Trinajstić information content (AvgIpc) is 2.62. The van der Waals surface area contributed by atoms with Crippen molar-refractivity contribution in [3.63, 3.8) is 0 Å². The first-order valence-corrected chi connectivity index (χ1v) is 8.71. The Bertz CT molecular complexity index is 725. The van der Waals surface area contributed by atoms with Crippen LogP contribution in [0.15, 0.2) is 30.3 Å². The number of nitrogens with one attached hydrogen (secondary N) is 2. The second-order valence-corrected chi connectivity index (χ2v) is 6.39. The van der Waals surface area contributed by atoms with Crippen molar-refractivity contribution < 1.29 is 9.53 Å². The molecule has 0 aliphatic heterocycles. The number of nitrogens with zero attached hydrogens (tertiary/aromatic N) is 2. The number of aryl methyl sites for hydroxylation is 1. The molecule has 1 aromatic heterocycles. The zero-order chi connectivity index (χ0) is 17.6. The first-order chi connectivity index (χ1) is 12.1. The summed E-state index contributed by atoms with van der Waals surface area (Å²) in [6.07, 6.45) is 6.27. The molecule has 6 nitrogen and oxygen atoms in total. The lowest BCUT2D eigenvalue weighted by molar-refractivity contribution is 0.0601. The molecule has 1 heterocycles. The number of rotatable bonds is 5. The Morgan fingerprint density at radius 3 is 2.52 bits per heavy atom. The van der Waals surface area contributed by atoms with Gasteiger partial charge in [-0.25, -0.2) is 9.78 Å². The van der Waals surface area contributed by atoms with Gasteiger partial charge in [0.25, 0.3) is 0 Å². The van der Waals surface area contributed by atoms with Crippen LogP contribution in [-0.2, 0) is 4.74 Å². The van der Waals surface area contributed by atoms with E-state index in [1.54, 1.807) is 12.1 Å². The molecule has 6 heteroatoms. The predicted octanol–water partition coefficient (Wildman–Crippen LogP) is 4.06. The zero-order valence-corrected chi connectivity index (χ0v) is 14.7. The molecule has 0 atom stereocenters. The van der Waals surface area contributed by atoms with Crippen LogP contribution in [0.5, 0.6) is 0 Å². The molecule has 25 heavy (non-hydrogen) atoms. The Hall–Kier alpha value is -2.63. The van der Waals surface area contributed by atoms with Crippen LogP contribution < -0.4 is 10.6 Å². The molecule has 1 aliphatic carbocycles. The Morgan fingerprint density at radius 2 is 1.84 bits per heavy atom. The van der Waals surface area contributed by atoms with Gasteiger partial charge in [0, 0.05) is 23.5 Å². The van der Waals surface area contributed by atoms with Crippen molar-refractivity contribution in [2.24, 2.45) is 0 Å². The normalized spacial score (nSPS) is 14.8. The van der Waals surface area contributed by atoms with Crippen LogP contribution in [0.4, 0.5) is 17.5 Å².